The van der Waals surface area contributed by atoms with Gasteiger partial charge in [-0.15, -0.1) is 0 Å². The maximum absolute atomic E-state index is 12.4. The van der Waals surface area contributed by atoms with Gasteiger partial charge in [-0.3, -0.25) is 0 Å². The molecule has 1 rings (SSSR count). The minimum Gasteiger partial charge on any atom is -0.313 e. The first-order valence-electron chi connectivity index (χ1n) is 7.04. The van der Waals surface area contributed by atoms with Crippen molar-refractivity contribution < 1.29 is 8.42 Å². The third-order valence-corrected chi connectivity index (χ3v) is 4.56. The van der Waals surface area contributed by atoms with E-state index < -0.39 is 10.0 Å². The van der Waals surface area contributed by atoms with Crippen molar-refractivity contribution in [3.05, 3.63) is 29.8 Å². The zero-order chi connectivity index (χ0) is 15.2. The summed E-state index contributed by atoms with van der Waals surface area (Å²) < 4.78 is 27.4. The Morgan fingerprint density at radius 3 is 2.40 bits per heavy atom. The van der Waals surface area contributed by atoms with E-state index in [9.17, 15) is 8.42 Å². The number of hydrogen-bond acceptors (Lipinski definition) is 3. The predicted molar refractivity (Wildman–Crippen MR) is 83.1 cm³/mol. The van der Waals surface area contributed by atoms with E-state index in [4.69, 9.17) is 0 Å². The molecule has 0 saturated carbocycles. The van der Waals surface area contributed by atoms with E-state index >= 15 is 0 Å². The zero-order valence-corrected chi connectivity index (χ0v) is 13.7. The van der Waals surface area contributed by atoms with Crippen LogP contribution >= 0.6 is 0 Å². The van der Waals surface area contributed by atoms with Crippen LogP contribution in [0.15, 0.2) is 29.2 Å². The highest BCUT2D eigenvalue weighted by molar-refractivity contribution is 7.89. The number of hydrogen-bond donors (Lipinski definition) is 2. The molecule has 114 valence electrons. The molecule has 20 heavy (non-hydrogen) atoms. The van der Waals surface area contributed by atoms with Gasteiger partial charge in [0.05, 0.1) is 4.90 Å². The molecule has 5 heteroatoms. The van der Waals surface area contributed by atoms with Gasteiger partial charge >= 0.3 is 0 Å². The van der Waals surface area contributed by atoms with E-state index in [0.29, 0.717) is 18.0 Å². The molecule has 0 aliphatic carbocycles. The standard InChI is InChI=1S/C15H26N2O2S/c1-5-16-12-13-8-6-7-9-14(13)20(18,19)17-11-10-15(2,3)4/h6-9,16-17H,5,10-12H2,1-4H3. The van der Waals surface area contributed by atoms with Gasteiger partial charge in [-0.25, -0.2) is 13.1 Å². The molecule has 1 aromatic carbocycles. The summed E-state index contributed by atoms with van der Waals surface area (Å²) in [7, 11) is -3.43. The van der Waals surface area contributed by atoms with Gasteiger partial charge in [0.2, 0.25) is 10.0 Å². The Morgan fingerprint density at radius 2 is 1.80 bits per heavy atom. The smallest absolute Gasteiger partial charge is 0.240 e. The van der Waals surface area contributed by atoms with Crippen LogP contribution in [0.4, 0.5) is 0 Å². The van der Waals surface area contributed by atoms with Crippen LogP contribution < -0.4 is 10.0 Å². The van der Waals surface area contributed by atoms with Gasteiger partial charge < -0.3 is 5.32 Å². The van der Waals surface area contributed by atoms with Crippen LogP contribution in [0.1, 0.15) is 39.7 Å². The summed E-state index contributed by atoms with van der Waals surface area (Å²) in [6.45, 7) is 10.1. The molecular weight excluding hydrogens is 272 g/mol. The maximum atomic E-state index is 12.4. The lowest BCUT2D eigenvalue weighted by Gasteiger charge is -2.18. The van der Waals surface area contributed by atoms with Crippen molar-refractivity contribution in [3.8, 4) is 0 Å². The molecule has 0 fully saturated rings. The summed E-state index contributed by atoms with van der Waals surface area (Å²) in [6, 6.07) is 7.13. The topological polar surface area (TPSA) is 58.2 Å². The average molecular weight is 298 g/mol. The quantitative estimate of drug-likeness (QED) is 0.813. The van der Waals surface area contributed by atoms with Gasteiger partial charge in [-0.2, -0.15) is 0 Å². The summed E-state index contributed by atoms with van der Waals surface area (Å²) in [5, 5.41) is 3.17. The van der Waals surface area contributed by atoms with E-state index in [1.165, 1.54) is 0 Å². The Morgan fingerprint density at radius 1 is 1.15 bits per heavy atom. The molecular formula is C15H26N2O2S. The molecule has 0 bridgehead atoms. The summed E-state index contributed by atoms with van der Waals surface area (Å²) in [4.78, 5) is 0.370. The molecule has 0 radical (unpaired) electrons. The Balaban J connectivity index is 2.81. The second-order valence-corrected chi connectivity index (χ2v) is 7.83. The SMILES string of the molecule is CCNCc1ccccc1S(=O)(=O)NCCC(C)(C)C. The third-order valence-electron chi connectivity index (χ3n) is 2.99. The van der Waals surface area contributed by atoms with Crippen LogP contribution in [-0.2, 0) is 16.6 Å². The molecule has 0 atom stereocenters. The van der Waals surface area contributed by atoms with Gasteiger partial charge in [0.15, 0.2) is 0 Å². The third kappa shape index (κ3) is 5.61. The van der Waals surface area contributed by atoms with Gasteiger partial charge in [-0.05, 0) is 30.0 Å². The molecule has 0 heterocycles. The van der Waals surface area contributed by atoms with Gasteiger partial charge in [0.1, 0.15) is 0 Å². The first kappa shape index (κ1) is 17.1. The first-order chi connectivity index (χ1) is 9.26. The van der Waals surface area contributed by atoms with E-state index in [-0.39, 0.29) is 5.41 Å². The molecule has 0 unspecified atom stereocenters. The molecule has 2 N–H and O–H groups in total. The van der Waals surface area contributed by atoms with Crippen molar-refractivity contribution in [3.63, 3.8) is 0 Å². The summed E-state index contributed by atoms with van der Waals surface area (Å²) >= 11 is 0. The molecule has 0 spiro atoms. The van der Waals surface area contributed by atoms with Crippen LogP contribution in [0.5, 0.6) is 0 Å². The van der Waals surface area contributed by atoms with Gasteiger partial charge in [0, 0.05) is 13.1 Å². The lowest BCUT2D eigenvalue weighted by atomic mass is 9.93. The summed E-state index contributed by atoms with van der Waals surface area (Å²) in [6.07, 6.45) is 0.807. The van der Waals surface area contributed by atoms with Crippen molar-refractivity contribution in [2.45, 2.75) is 45.6 Å². The Bertz CT molecular complexity index is 519. The van der Waals surface area contributed by atoms with Crippen LogP contribution in [-0.4, -0.2) is 21.5 Å². The molecule has 0 aliphatic heterocycles. The van der Waals surface area contributed by atoms with Crippen molar-refractivity contribution in [1.29, 1.82) is 0 Å². The van der Waals surface area contributed by atoms with Crippen LogP contribution in [0, 0.1) is 5.41 Å². The lowest BCUT2D eigenvalue weighted by molar-refractivity contribution is 0.378. The molecule has 0 aromatic heterocycles. The van der Waals surface area contributed by atoms with Crippen molar-refractivity contribution in [2.75, 3.05) is 13.1 Å². The fraction of sp³-hybridized carbons (Fsp3) is 0.600. The molecule has 0 aliphatic rings. The monoisotopic (exact) mass is 298 g/mol. The van der Waals surface area contributed by atoms with Crippen molar-refractivity contribution in [2.24, 2.45) is 5.41 Å². The number of benzene rings is 1. The van der Waals surface area contributed by atoms with E-state index in [1.807, 2.05) is 19.1 Å². The minimum atomic E-state index is -3.43. The normalized spacial score (nSPS) is 12.6. The van der Waals surface area contributed by atoms with Crippen LogP contribution in [0.3, 0.4) is 0 Å². The predicted octanol–water partition coefficient (Wildman–Crippen LogP) is 2.51. The summed E-state index contributed by atoms with van der Waals surface area (Å²) in [5.74, 6) is 0. The van der Waals surface area contributed by atoms with E-state index in [1.54, 1.807) is 12.1 Å². The van der Waals surface area contributed by atoms with E-state index in [2.05, 4.69) is 30.8 Å². The summed E-state index contributed by atoms with van der Waals surface area (Å²) in [5.41, 5.74) is 0.920. The van der Waals surface area contributed by atoms with Crippen molar-refractivity contribution in [1.82, 2.24) is 10.0 Å². The largest absolute Gasteiger partial charge is 0.313 e. The van der Waals surface area contributed by atoms with Gasteiger partial charge in [-0.1, -0.05) is 45.9 Å². The fourth-order valence-electron chi connectivity index (χ4n) is 1.81. The first-order valence-corrected chi connectivity index (χ1v) is 8.53. The Labute approximate surface area is 123 Å². The lowest BCUT2D eigenvalue weighted by Crippen LogP contribution is -2.28. The fourth-order valence-corrected chi connectivity index (χ4v) is 3.08. The van der Waals surface area contributed by atoms with E-state index in [0.717, 1.165) is 18.5 Å². The maximum Gasteiger partial charge on any atom is 0.240 e. The Hall–Kier alpha value is -0.910. The van der Waals surface area contributed by atoms with Crippen molar-refractivity contribution >= 4 is 10.0 Å². The minimum absolute atomic E-state index is 0.117. The number of rotatable bonds is 7. The highest BCUT2D eigenvalue weighted by Crippen LogP contribution is 2.19. The van der Waals surface area contributed by atoms with Gasteiger partial charge in [0.25, 0.3) is 0 Å². The average Bonchev–Trinajstić information content (AvgIpc) is 2.34. The zero-order valence-electron chi connectivity index (χ0n) is 12.9. The Kier molecular flexibility index (Phi) is 6.17. The van der Waals surface area contributed by atoms with Crippen LogP contribution in [0.2, 0.25) is 0 Å². The molecule has 0 amide bonds. The second-order valence-electron chi connectivity index (χ2n) is 6.10. The second kappa shape index (κ2) is 7.20. The number of sulfonamides is 1. The molecule has 1 aromatic rings. The highest BCUT2D eigenvalue weighted by atomic mass is 32.2. The molecule has 4 nitrogen and oxygen atoms in total. The number of nitrogens with one attached hydrogen (secondary N) is 2. The molecule has 0 saturated heterocycles. The van der Waals surface area contributed by atoms with Crippen LogP contribution in [0.25, 0.3) is 0 Å². The highest BCUT2D eigenvalue weighted by Gasteiger charge is 2.18.